The van der Waals surface area contributed by atoms with Gasteiger partial charge in [0.1, 0.15) is 5.69 Å². The molecule has 0 bridgehead atoms. The minimum absolute atomic E-state index is 0. The molecule has 1 amide bonds. The van der Waals surface area contributed by atoms with E-state index in [1.54, 1.807) is 48.5 Å². The minimum atomic E-state index is -4.80. The van der Waals surface area contributed by atoms with Gasteiger partial charge in [-0.2, -0.15) is 28.5 Å². The first-order valence-corrected chi connectivity index (χ1v) is 17.9. The van der Waals surface area contributed by atoms with Crippen LogP contribution in [0.15, 0.2) is 98.0 Å². The van der Waals surface area contributed by atoms with Crippen LogP contribution in [0.3, 0.4) is 0 Å². The van der Waals surface area contributed by atoms with Crippen molar-refractivity contribution in [2.45, 2.75) is 14.9 Å². The average Bonchev–Trinajstić information content (AvgIpc) is 3.09. The Bertz CT molecular complexity index is 2380. The van der Waals surface area contributed by atoms with Gasteiger partial charge in [0.2, 0.25) is 16.4 Å². The molecule has 5 aromatic rings. The Hall–Kier alpha value is -5.34. The lowest BCUT2D eigenvalue weighted by atomic mass is 10.1. The third-order valence-corrected chi connectivity index (χ3v) is 8.33. The molecule has 1 heterocycles. The number of nitrogens with zero attached hydrogens (tertiary/aromatic N) is 5. The predicted octanol–water partition coefficient (Wildman–Crippen LogP) is 6.11. The van der Waals surface area contributed by atoms with Gasteiger partial charge in [0.15, 0.2) is 11.9 Å². The lowest BCUT2D eigenvalue weighted by molar-refractivity contribution is -0.432. The van der Waals surface area contributed by atoms with Crippen LogP contribution in [0.1, 0.15) is 10.4 Å². The van der Waals surface area contributed by atoms with E-state index in [9.17, 15) is 23.1 Å². The molecule has 5 rings (SSSR count). The molecule has 21 nitrogen and oxygen atoms in total. The second-order valence-corrected chi connectivity index (χ2v) is 13.4. The number of carboxylic acid groups (broad SMARTS) is 1. The van der Waals surface area contributed by atoms with Gasteiger partial charge in [0.05, 0.1) is 22.6 Å². The Morgan fingerprint density at radius 3 is 2.42 bits per heavy atom. The summed E-state index contributed by atoms with van der Waals surface area (Å²) in [7, 11) is -4.80. The van der Waals surface area contributed by atoms with Crippen molar-refractivity contribution in [1.82, 2.24) is 15.0 Å². The molecule has 10 N–H and O–H groups in total. The number of phenolic OH excluding ortho intramolecular Hbond substituents is 1. The van der Waals surface area contributed by atoms with Crippen molar-refractivity contribution in [3.63, 3.8) is 0 Å². The fourth-order valence-corrected chi connectivity index (χ4v) is 5.84. The van der Waals surface area contributed by atoms with Gasteiger partial charge in [0.25, 0.3) is 5.91 Å². The molecular weight excluding hydrogens is 834 g/mol. The van der Waals surface area contributed by atoms with E-state index in [2.05, 4.69) is 59.7 Å². The summed E-state index contributed by atoms with van der Waals surface area (Å²) in [5, 5.41) is 48.2. The topological polar surface area (TPSA) is 337 Å². The van der Waals surface area contributed by atoms with Gasteiger partial charge >= 0.3 is 15.7 Å². The molecule has 0 saturated heterocycles. The van der Waals surface area contributed by atoms with Gasteiger partial charge in [-0.25, -0.2) is 10.1 Å². The molecule has 1 aromatic heterocycles. The fourth-order valence-electron chi connectivity index (χ4n) is 4.07. The number of aromatic nitrogens is 3. The smallest absolute Gasteiger partial charge is 0.433 e. The number of carbonyl (C=O) groups is 2. The molecule has 0 aliphatic carbocycles. The number of carbonyl (C=O) groups excluding carboxylic acids is 1. The number of hydrogen-bond donors (Lipinski definition) is 6. The van der Waals surface area contributed by atoms with Crippen molar-refractivity contribution in [3.8, 4) is 17.1 Å². The summed E-state index contributed by atoms with van der Waals surface area (Å²) in [5.41, 5.74) is 1.40. The van der Waals surface area contributed by atoms with E-state index >= 15 is 0 Å². The highest BCUT2D eigenvalue weighted by Crippen LogP contribution is 2.44. The zero-order valence-electron chi connectivity index (χ0n) is 26.7. The molecule has 0 radical (unpaired) electrons. The number of thioether (sulfide) groups is 2. The van der Waals surface area contributed by atoms with Crippen LogP contribution in [-0.4, -0.2) is 65.6 Å². The maximum atomic E-state index is 12.9. The summed E-state index contributed by atoms with van der Waals surface area (Å²) in [6.07, 6.45) is 1.93. The normalized spacial score (nSPS) is 10.8. The van der Waals surface area contributed by atoms with Crippen LogP contribution in [0, 0.1) is 11.4 Å². The number of aromatic hydroxyl groups is 1. The summed E-state index contributed by atoms with van der Waals surface area (Å²) >= 11 is 7.71. The van der Waals surface area contributed by atoms with Crippen molar-refractivity contribution in [2.24, 2.45) is 10.2 Å². The van der Waals surface area contributed by atoms with Crippen LogP contribution in [0.5, 0.6) is 5.75 Å². The molecule has 0 atom stereocenters. The quantitative estimate of drug-likeness (QED) is 0.0148. The van der Waals surface area contributed by atoms with E-state index in [0.29, 0.717) is 56.5 Å². The first-order valence-electron chi connectivity index (χ1n) is 13.8. The lowest BCUT2D eigenvalue weighted by Gasteiger charge is -2.11. The zero-order chi connectivity index (χ0) is 38.0. The predicted molar refractivity (Wildman–Crippen MR) is 198 cm³/mol. The van der Waals surface area contributed by atoms with E-state index in [0.717, 1.165) is 11.8 Å². The number of fused-ring (bicyclic) bond motifs is 1. The second kappa shape index (κ2) is 20.4. The number of hydrogen-bond acceptors (Lipinski definition) is 19. The molecule has 55 heavy (non-hydrogen) atoms. The highest BCUT2D eigenvalue weighted by atomic mass is 35.5. The maximum absolute atomic E-state index is 12.9. The van der Waals surface area contributed by atoms with Crippen molar-refractivity contribution in [1.29, 1.82) is 0 Å². The van der Waals surface area contributed by atoms with Gasteiger partial charge < -0.3 is 31.8 Å². The van der Waals surface area contributed by atoms with Gasteiger partial charge in [-0.1, -0.05) is 11.1 Å². The molecule has 0 fully saturated rings. The van der Waals surface area contributed by atoms with Gasteiger partial charge in [-0.3, -0.25) is 14.2 Å². The third kappa shape index (κ3) is 13.2. The number of rotatable bonds is 13. The number of nitrogens with one attached hydrogen (secondary N) is 2. The first kappa shape index (κ1) is 44.1. The number of azo groups is 1. The van der Waals surface area contributed by atoms with Crippen LogP contribution in [0.25, 0.3) is 10.8 Å². The summed E-state index contributed by atoms with van der Waals surface area (Å²) in [4.78, 5) is 40.4. The maximum Gasteiger partial charge on any atom is 0.433 e. The first-order chi connectivity index (χ1) is 25.4. The molecule has 0 aliphatic heterocycles. The fraction of sp³-hybridized carbons (Fsp3) is 0. The largest absolute Gasteiger partial charge is 0.505 e. The molecular formula is C29H22ClN7O14S4. The highest BCUT2D eigenvalue weighted by Gasteiger charge is 2.17. The van der Waals surface area contributed by atoms with E-state index in [-0.39, 0.29) is 49.2 Å². The van der Waals surface area contributed by atoms with Crippen molar-refractivity contribution >= 4 is 108 Å². The average molecular weight is 856 g/mol. The minimum Gasteiger partial charge on any atom is -0.505 e. The Kier molecular flexibility index (Phi) is 16.3. The number of benzene rings is 4. The van der Waals surface area contributed by atoms with Crippen LogP contribution < -0.4 is 10.6 Å². The Balaban J connectivity index is 0.00000406. The summed E-state index contributed by atoms with van der Waals surface area (Å²) < 4.78 is 37.6. The Morgan fingerprint density at radius 1 is 0.945 bits per heavy atom. The summed E-state index contributed by atoms with van der Waals surface area (Å²) in [5.74, 6) is -0.785. The molecule has 26 heteroatoms. The van der Waals surface area contributed by atoms with E-state index in [4.69, 9.17) is 26.5 Å². The van der Waals surface area contributed by atoms with Gasteiger partial charge in [0, 0.05) is 44.2 Å². The molecule has 0 aliphatic rings. The van der Waals surface area contributed by atoms with E-state index < -0.39 is 21.6 Å². The van der Waals surface area contributed by atoms with Crippen LogP contribution in [0.4, 0.5) is 33.5 Å². The Morgan fingerprint density at radius 2 is 1.71 bits per heavy atom. The molecule has 4 aromatic carbocycles. The number of amides is 1. The monoisotopic (exact) mass is 855 g/mol. The Labute approximate surface area is 326 Å². The number of halogens is 1. The second-order valence-electron chi connectivity index (χ2n) is 9.55. The standard InChI is InChI=1S/C29H18ClN7O12S4.2H2O/c30-26-33-27(35-28(34-26)51-29(40)41)32-19-8-9-21-16(12-19)13-22(52-48-47-42)23(24(21)38)37-36-17-6-4-15(5-7-17)25(39)31-18-2-1-3-20(14-18)50-11-10-46-49-53(43,44)45;;/h1-9,12-14,38,42H,(H,31,39)(H,40,41)(H,43,44,45)(H,32,33,34,35);2*1H2. The van der Waals surface area contributed by atoms with Crippen molar-refractivity contribution in [2.75, 3.05) is 10.6 Å². The van der Waals surface area contributed by atoms with E-state index in [1.807, 2.05) is 6.11 Å². The molecule has 288 valence electrons. The molecule has 0 saturated carbocycles. The summed E-state index contributed by atoms with van der Waals surface area (Å²) in [6.45, 7) is 0. The summed E-state index contributed by atoms with van der Waals surface area (Å²) in [6, 6.07) is 18.9. The van der Waals surface area contributed by atoms with Crippen LogP contribution >= 0.6 is 47.2 Å². The van der Waals surface area contributed by atoms with Gasteiger partial charge in [-0.15, -0.1) is 9.45 Å². The number of anilines is 3. The van der Waals surface area contributed by atoms with Crippen LogP contribution in [-0.2, 0) is 29.0 Å². The SMILES string of the molecule is O.O.O=C(O)Sc1nc(Cl)nc(Nc2ccc3c(O)c(N=Nc4ccc(C(=O)Nc5cccc(SC#COOS(=O)(=O)O)c5)cc4)c(SOOO)cc3c2)n1. The highest BCUT2D eigenvalue weighted by molar-refractivity contribution is 8.13. The van der Waals surface area contributed by atoms with E-state index in [1.165, 1.54) is 24.3 Å². The third-order valence-electron chi connectivity index (χ3n) is 6.09. The molecule has 0 unspecified atom stereocenters. The molecule has 0 spiro atoms. The zero-order valence-corrected chi connectivity index (χ0v) is 30.8. The number of phenols is 1. The van der Waals surface area contributed by atoms with Gasteiger partial charge in [-0.05, 0) is 99.8 Å². The van der Waals surface area contributed by atoms with Crippen molar-refractivity contribution < 1.29 is 67.6 Å². The lowest BCUT2D eigenvalue weighted by Crippen LogP contribution is -2.11. The van der Waals surface area contributed by atoms with Crippen molar-refractivity contribution in [3.05, 3.63) is 83.6 Å². The van der Waals surface area contributed by atoms with Crippen LogP contribution in [0.2, 0.25) is 5.28 Å².